The molecule has 0 aliphatic rings. The standard InChI is InChI=1S/C16H36N2/c1-7-10-17-16(6)13-18(11-8-14(2)3)12-9-15(4)5/h14-17H,7-13H2,1-6H3. The summed E-state index contributed by atoms with van der Waals surface area (Å²) in [7, 11) is 0. The zero-order valence-corrected chi connectivity index (χ0v) is 13.6. The molecule has 0 rings (SSSR count). The quantitative estimate of drug-likeness (QED) is 0.605. The van der Waals surface area contributed by atoms with Gasteiger partial charge in [0.15, 0.2) is 0 Å². The summed E-state index contributed by atoms with van der Waals surface area (Å²) in [5.41, 5.74) is 0. The molecule has 0 amide bonds. The molecule has 0 saturated carbocycles. The lowest BCUT2D eigenvalue weighted by Crippen LogP contribution is -2.40. The third-order valence-corrected chi connectivity index (χ3v) is 3.32. The molecule has 2 heteroatoms. The number of rotatable bonds is 11. The smallest absolute Gasteiger partial charge is 0.0166 e. The Morgan fingerprint density at radius 2 is 1.39 bits per heavy atom. The van der Waals surface area contributed by atoms with Crippen molar-refractivity contribution in [1.82, 2.24) is 10.2 Å². The maximum Gasteiger partial charge on any atom is 0.0166 e. The Balaban J connectivity index is 4.01. The molecule has 18 heavy (non-hydrogen) atoms. The third kappa shape index (κ3) is 11.0. The van der Waals surface area contributed by atoms with Crippen LogP contribution in [0, 0.1) is 11.8 Å². The highest BCUT2D eigenvalue weighted by Crippen LogP contribution is 2.07. The van der Waals surface area contributed by atoms with E-state index in [4.69, 9.17) is 0 Å². The van der Waals surface area contributed by atoms with Crippen molar-refractivity contribution in [3.8, 4) is 0 Å². The molecule has 110 valence electrons. The summed E-state index contributed by atoms with van der Waals surface area (Å²) in [5.74, 6) is 1.62. The van der Waals surface area contributed by atoms with Gasteiger partial charge in [-0.05, 0) is 57.7 Å². The second-order valence-corrected chi connectivity index (χ2v) is 6.52. The molecule has 2 nitrogen and oxygen atoms in total. The molecule has 1 N–H and O–H groups in total. The molecule has 0 fully saturated rings. The fourth-order valence-corrected chi connectivity index (χ4v) is 2.02. The topological polar surface area (TPSA) is 15.3 Å². The molecule has 1 atom stereocenters. The van der Waals surface area contributed by atoms with Gasteiger partial charge in [0.2, 0.25) is 0 Å². The van der Waals surface area contributed by atoms with E-state index in [1.807, 2.05) is 0 Å². The van der Waals surface area contributed by atoms with Crippen LogP contribution < -0.4 is 5.32 Å². The molecule has 0 aliphatic heterocycles. The van der Waals surface area contributed by atoms with Crippen LogP contribution in [0.1, 0.15) is 60.8 Å². The average Bonchev–Trinajstić information content (AvgIpc) is 2.29. The van der Waals surface area contributed by atoms with Gasteiger partial charge < -0.3 is 10.2 Å². The summed E-state index contributed by atoms with van der Waals surface area (Å²) in [4.78, 5) is 2.65. The van der Waals surface area contributed by atoms with Crippen molar-refractivity contribution >= 4 is 0 Å². The van der Waals surface area contributed by atoms with E-state index in [-0.39, 0.29) is 0 Å². The van der Waals surface area contributed by atoms with Gasteiger partial charge in [0.05, 0.1) is 0 Å². The second-order valence-electron chi connectivity index (χ2n) is 6.52. The van der Waals surface area contributed by atoms with Gasteiger partial charge in [-0.2, -0.15) is 0 Å². The van der Waals surface area contributed by atoms with E-state index < -0.39 is 0 Å². The van der Waals surface area contributed by atoms with Gasteiger partial charge in [-0.25, -0.2) is 0 Å². The molecule has 0 aromatic rings. The van der Waals surface area contributed by atoms with Crippen LogP contribution in [0.4, 0.5) is 0 Å². The highest BCUT2D eigenvalue weighted by molar-refractivity contribution is 4.69. The largest absolute Gasteiger partial charge is 0.313 e. The van der Waals surface area contributed by atoms with Crippen molar-refractivity contribution in [2.45, 2.75) is 66.8 Å². The van der Waals surface area contributed by atoms with Crippen molar-refractivity contribution < 1.29 is 0 Å². The normalized spacial score (nSPS) is 13.8. The monoisotopic (exact) mass is 256 g/mol. The van der Waals surface area contributed by atoms with Gasteiger partial charge in [0.25, 0.3) is 0 Å². The van der Waals surface area contributed by atoms with E-state index in [0.717, 1.165) is 18.4 Å². The first kappa shape index (κ1) is 17.9. The molecule has 0 bridgehead atoms. The Hall–Kier alpha value is -0.0800. The summed E-state index contributed by atoms with van der Waals surface area (Å²) in [6.07, 6.45) is 3.86. The number of nitrogens with one attached hydrogen (secondary N) is 1. The minimum absolute atomic E-state index is 0.615. The summed E-state index contributed by atoms with van der Waals surface area (Å²) in [6.45, 7) is 18.7. The summed E-state index contributed by atoms with van der Waals surface area (Å²) >= 11 is 0. The molecule has 0 saturated heterocycles. The summed E-state index contributed by atoms with van der Waals surface area (Å²) < 4.78 is 0. The minimum Gasteiger partial charge on any atom is -0.313 e. The Kier molecular flexibility index (Phi) is 10.8. The first-order valence-electron chi connectivity index (χ1n) is 7.91. The molecule has 1 unspecified atom stereocenters. The third-order valence-electron chi connectivity index (χ3n) is 3.32. The molecule has 0 aliphatic carbocycles. The average molecular weight is 256 g/mol. The summed E-state index contributed by atoms with van der Waals surface area (Å²) in [6, 6.07) is 0.615. The van der Waals surface area contributed by atoms with Gasteiger partial charge >= 0.3 is 0 Å². The fraction of sp³-hybridized carbons (Fsp3) is 1.00. The van der Waals surface area contributed by atoms with Crippen LogP contribution in [-0.2, 0) is 0 Å². The maximum atomic E-state index is 3.60. The first-order valence-corrected chi connectivity index (χ1v) is 7.91. The van der Waals surface area contributed by atoms with Crippen LogP contribution in [0.2, 0.25) is 0 Å². The van der Waals surface area contributed by atoms with Gasteiger partial charge in [-0.3, -0.25) is 0 Å². The zero-order valence-electron chi connectivity index (χ0n) is 13.6. The molecular formula is C16H36N2. The fourth-order valence-electron chi connectivity index (χ4n) is 2.02. The first-order chi connectivity index (χ1) is 8.45. The van der Waals surface area contributed by atoms with Crippen LogP contribution in [0.5, 0.6) is 0 Å². The van der Waals surface area contributed by atoms with Crippen molar-refractivity contribution in [3.63, 3.8) is 0 Å². The number of hydrogen-bond acceptors (Lipinski definition) is 2. The number of nitrogens with zero attached hydrogens (tertiary/aromatic N) is 1. The highest BCUT2D eigenvalue weighted by atomic mass is 15.1. The van der Waals surface area contributed by atoms with E-state index in [9.17, 15) is 0 Å². The van der Waals surface area contributed by atoms with Gasteiger partial charge in [0.1, 0.15) is 0 Å². The predicted octanol–water partition coefficient (Wildman–Crippen LogP) is 3.77. The minimum atomic E-state index is 0.615. The zero-order chi connectivity index (χ0) is 14.0. The van der Waals surface area contributed by atoms with E-state index >= 15 is 0 Å². The van der Waals surface area contributed by atoms with Gasteiger partial charge in [-0.1, -0.05) is 34.6 Å². The lowest BCUT2D eigenvalue weighted by atomic mass is 10.1. The molecule has 0 heterocycles. The van der Waals surface area contributed by atoms with Crippen molar-refractivity contribution in [3.05, 3.63) is 0 Å². The number of hydrogen-bond donors (Lipinski definition) is 1. The Labute approximate surface area is 116 Å². The van der Waals surface area contributed by atoms with E-state index in [2.05, 4.69) is 51.8 Å². The maximum absolute atomic E-state index is 3.60. The van der Waals surface area contributed by atoms with Crippen LogP contribution in [0.3, 0.4) is 0 Å². The molecule has 0 aromatic heterocycles. The van der Waals surface area contributed by atoms with E-state index in [0.29, 0.717) is 6.04 Å². The molecule has 0 radical (unpaired) electrons. The molecule has 0 aromatic carbocycles. The highest BCUT2D eigenvalue weighted by Gasteiger charge is 2.11. The molecular weight excluding hydrogens is 220 g/mol. The van der Waals surface area contributed by atoms with Crippen molar-refractivity contribution in [2.75, 3.05) is 26.2 Å². The Bertz CT molecular complexity index is 166. The lowest BCUT2D eigenvalue weighted by molar-refractivity contribution is 0.223. The predicted molar refractivity (Wildman–Crippen MR) is 83.1 cm³/mol. The lowest BCUT2D eigenvalue weighted by Gasteiger charge is -2.27. The van der Waals surface area contributed by atoms with Gasteiger partial charge in [-0.15, -0.1) is 0 Å². The van der Waals surface area contributed by atoms with Crippen LogP contribution in [0.25, 0.3) is 0 Å². The van der Waals surface area contributed by atoms with Crippen LogP contribution in [0.15, 0.2) is 0 Å². The van der Waals surface area contributed by atoms with Gasteiger partial charge in [0, 0.05) is 12.6 Å². The Morgan fingerprint density at radius 3 is 1.78 bits per heavy atom. The SMILES string of the molecule is CCCNC(C)CN(CCC(C)C)CCC(C)C. The van der Waals surface area contributed by atoms with Crippen molar-refractivity contribution in [2.24, 2.45) is 11.8 Å². The van der Waals surface area contributed by atoms with Crippen molar-refractivity contribution in [1.29, 1.82) is 0 Å². The van der Waals surface area contributed by atoms with E-state index in [1.165, 1.54) is 38.9 Å². The Morgan fingerprint density at radius 1 is 0.889 bits per heavy atom. The van der Waals surface area contributed by atoms with E-state index in [1.54, 1.807) is 0 Å². The van der Waals surface area contributed by atoms with Crippen LogP contribution in [-0.4, -0.2) is 37.1 Å². The molecule has 0 spiro atoms. The van der Waals surface area contributed by atoms with Crippen LogP contribution >= 0.6 is 0 Å². The second kappa shape index (κ2) is 10.8. The summed E-state index contributed by atoms with van der Waals surface area (Å²) in [5, 5.41) is 3.60.